The Morgan fingerprint density at radius 1 is 1.29 bits per heavy atom. The summed E-state index contributed by atoms with van der Waals surface area (Å²) in [4.78, 5) is 11.4. The summed E-state index contributed by atoms with van der Waals surface area (Å²) in [6.07, 6.45) is 0. The molecular weight excluding hydrogens is 296 g/mol. The van der Waals surface area contributed by atoms with Crippen molar-refractivity contribution in [3.8, 4) is 0 Å². The van der Waals surface area contributed by atoms with E-state index in [-0.39, 0.29) is 22.4 Å². The molecule has 0 unspecified atom stereocenters. The Labute approximate surface area is 123 Å². The Morgan fingerprint density at radius 2 is 1.86 bits per heavy atom. The standard InChI is InChI=1S/C13H18N2O5S/c1-11(14-6-8-20-9-7-14)10-21(18,19)13-4-2-12(3-5-13)15(16)17/h2-5,11H,6-10H2,1H3/p+1/t11-/m0/s1. The molecule has 8 heteroatoms. The van der Waals surface area contributed by atoms with Gasteiger partial charge in [-0.2, -0.15) is 0 Å². The van der Waals surface area contributed by atoms with Gasteiger partial charge < -0.3 is 9.64 Å². The van der Waals surface area contributed by atoms with Gasteiger partial charge in [0.25, 0.3) is 5.69 Å². The Balaban J connectivity index is 2.08. The summed E-state index contributed by atoms with van der Waals surface area (Å²) in [6.45, 7) is 4.81. The lowest BCUT2D eigenvalue weighted by Crippen LogP contribution is -3.17. The molecule has 116 valence electrons. The van der Waals surface area contributed by atoms with Crippen LogP contribution in [0.2, 0.25) is 0 Å². The summed E-state index contributed by atoms with van der Waals surface area (Å²) in [6, 6.07) is 5.01. The van der Waals surface area contributed by atoms with E-state index in [1.165, 1.54) is 29.2 Å². The molecule has 0 amide bonds. The maximum absolute atomic E-state index is 12.4. The number of sulfone groups is 1. The quantitative estimate of drug-likeness (QED) is 0.593. The predicted octanol–water partition coefficient (Wildman–Crippen LogP) is -0.328. The van der Waals surface area contributed by atoms with Gasteiger partial charge in [-0.05, 0) is 19.1 Å². The van der Waals surface area contributed by atoms with E-state index in [0.717, 1.165) is 13.1 Å². The number of quaternary nitrogens is 1. The molecule has 1 aromatic rings. The van der Waals surface area contributed by atoms with Crippen LogP contribution in [0.15, 0.2) is 29.2 Å². The molecule has 1 N–H and O–H groups in total. The fourth-order valence-electron chi connectivity index (χ4n) is 2.44. The van der Waals surface area contributed by atoms with Crippen molar-refractivity contribution in [2.24, 2.45) is 0 Å². The Morgan fingerprint density at radius 3 is 2.38 bits per heavy atom. The van der Waals surface area contributed by atoms with E-state index < -0.39 is 14.8 Å². The summed E-state index contributed by atoms with van der Waals surface area (Å²) in [5.74, 6) is 0.0279. The average molecular weight is 315 g/mol. The van der Waals surface area contributed by atoms with Crippen LogP contribution in [0, 0.1) is 10.1 Å². The van der Waals surface area contributed by atoms with Crippen LogP contribution in [-0.2, 0) is 14.6 Å². The Bertz CT molecular complexity index is 593. The largest absolute Gasteiger partial charge is 0.370 e. The van der Waals surface area contributed by atoms with Gasteiger partial charge in [0.15, 0.2) is 9.84 Å². The lowest BCUT2D eigenvalue weighted by Gasteiger charge is -2.29. The monoisotopic (exact) mass is 315 g/mol. The molecule has 0 aliphatic carbocycles. The first-order valence-corrected chi connectivity index (χ1v) is 8.45. The summed E-state index contributed by atoms with van der Waals surface area (Å²) in [5, 5.41) is 10.6. The molecule has 0 aromatic heterocycles. The minimum absolute atomic E-state index is 0.0279. The van der Waals surface area contributed by atoms with Crippen molar-refractivity contribution in [3.63, 3.8) is 0 Å². The minimum atomic E-state index is -3.44. The molecule has 7 nitrogen and oxygen atoms in total. The van der Waals surface area contributed by atoms with Crippen molar-refractivity contribution in [2.75, 3.05) is 32.1 Å². The number of non-ortho nitro benzene ring substituents is 1. The molecule has 1 aliphatic heterocycles. The second-order valence-corrected chi connectivity index (χ2v) is 7.24. The number of ether oxygens (including phenoxy) is 1. The highest BCUT2D eigenvalue weighted by atomic mass is 32.2. The molecule has 1 aliphatic rings. The molecule has 1 fully saturated rings. The average Bonchev–Trinajstić information content (AvgIpc) is 2.48. The molecule has 0 spiro atoms. The first-order valence-electron chi connectivity index (χ1n) is 6.79. The lowest BCUT2D eigenvalue weighted by atomic mass is 10.3. The maximum Gasteiger partial charge on any atom is 0.269 e. The highest BCUT2D eigenvalue weighted by Gasteiger charge is 2.27. The van der Waals surface area contributed by atoms with E-state index >= 15 is 0 Å². The van der Waals surface area contributed by atoms with Crippen molar-refractivity contribution in [2.45, 2.75) is 17.9 Å². The van der Waals surface area contributed by atoms with E-state index in [9.17, 15) is 18.5 Å². The van der Waals surface area contributed by atoms with Crippen molar-refractivity contribution in [1.82, 2.24) is 0 Å². The molecule has 1 saturated heterocycles. The number of benzene rings is 1. The number of nitro benzene ring substituents is 1. The lowest BCUT2D eigenvalue weighted by molar-refractivity contribution is -0.928. The molecule has 0 saturated carbocycles. The van der Waals surface area contributed by atoms with Crippen LogP contribution < -0.4 is 4.90 Å². The van der Waals surface area contributed by atoms with E-state index in [1.54, 1.807) is 0 Å². The fourth-order valence-corrected chi connectivity index (χ4v) is 4.08. The van der Waals surface area contributed by atoms with E-state index in [4.69, 9.17) is 4.74 Å². The third-order valence-electron chi connectivity index (χ3n) is 3.71. The van der Waals surface area contributed by atoms with Crippen LogP contribution in [-0.4, -0.2) is 51.4 Å². The SMILES string of the molecule is C[C@@H](CS(=O)(=O)c1ccc([N+](=O)[O-])cc1)[NH+]1CCOCC1. The zero-order valence-corrected chi connectivity index (χ0v) is 12.6. The minimum Gasteiger partial charge on any atom is -0.370 e. The van der Waals surface area contributed by atoms with Crippen molar-refractivity contribution in [1.29, 1.82) is 0 Å². The highest BCUT2D eigenvalue weighted by Crippen LogP contribution is 2.17. The first kappa shape index (κ1) is 15.9. The number of rotatable bonds is 5. The highest BCUT2D eigenvalue weighted by molar-refractivity contribution is 7.91. The number of nitrogens with zero attached hydrogens (tertiary/aromatic N) is 1. The summed E-state index contributed by atoms with van der Waals surface area (Å²) in [5.41, 5.74) is -0.110. The van der Waals surface area contributed by atoms with Crippen molar-refractivity contribution in [3.05, 3.63) is 34.4 Å². The Hall–Kier alpha value is -1.51. The molecule has 1 heterocycles. The topological polar surface area (TPSA) is 91.0 Å². The number of nitro groups is 1. The molecular formula is C13H19N2O5S+. The van der Waals surface area contributed by atoms with Crippen molar-refractivity contribution >= 4 is 15.5 Å². The molecule has 21 heavy (non-hydrogen) atoms. The predicted molar refractivity (Wildman–Crippen MR) is 76.1 cm³/mol. The van der Waals surface area contributed by atoms with Crippen molar-refractivity contribution < 1.29 is 23.0 Å². The van der Waals surface area contributed by atoms with Gasteiger partial charge in [0, 0.05) is 12.1 Å². The number of morpholine rings is 1. The van der Waals surface area contributed by atoms with Gasteiger partial charge in [-0.3, -0.25) is 10.1 Å². The smallest absolute Gasteiger partial charge is 0.269 e. The van der Waals surface area contributed by atoms with Gasteiger partial charge in [0.05, 0.1) is 29.1 Å². The van der Waals surface area contributed by atoms with Gasteiger partial charge in [0.1, 0.15) is 18.8 Å². The number of nitrogens with one attached hydrogen (secondary N) is 1. The fraction of sp³-hybridized carbons (Fsp3) is 0.538. The second-order valence-electron chi connectivity index (χ2n) is 5.20. The molecule has 0 bridgehead atoms. The maximum atomic E-state index is 12.4. The normalized spacial score (nSPS) is 18.3. The number of hydrogen-bond acceptors (Lipinski definition) is 5. The van der Waals surface area contributed by atoms with E-state index in [2.05, 4.69) is 0 Å². The third kappa shape index (κ3) is 3.99. The zero-order valence-electron chi connectivity index (χ0n) is 11.8. The van der Waals surface area contributed by atoms with Crippen LogP contribution >= 0.6 is 0 Å². The summed E-state index contributed by atoms with van der Waals surface area (Å²) in [7, 11) is -3.44. The zero-order chi connectivity index (χ0) is 15.5. The van der Waals surface area contributed by atoms with Gasteiger partial charge in [0.2, 0.25) is 0 Å². The van der Waals surface area contributed by atoms with Gasteiger partial charge >= 0.3 is 0 Å². The van der Waals surface area contributed by atoms with Gasteiger partial charge in [-0.15, -0.1) is 0 Å². The first-order chi connectivity index (χ1) is 9.90. The van der Waals surface area contributed by atoms with Crippen LogP contribution in [0.3, 0.4) is 0 Å². The Kier molecular flexibility index (Phi) is 4.92. The molecule has 1 atom stereocenters. The third-order valence-corrected chi connectivity index (χ3v) is 5.64. The molecule has 2 rings (SSSR count). The molecule has 1 aromatic carbocycles. The summed E-state index contributed by atoms with van der Waals surface area (Å²) >= 11 is 0. The van der Waals surface area contributed by atoms with Crippen LogP contribution in [0.5, 0.6) is 0 Å². The van der Waals surface area contributed by atoms with Gasteiger partial charge in [-0.1, -0.05) is 0 Å². The molecule has 0 radical (unpaired) electrons. The van der Waals surface area contributed by atoms with E-state index in [0.29, 0.717) is 13.2 Å². The van der Waals surface area contributed by atoms with Crippen LogP contribution in [0.1, 0.15) is 6.92 Å². The summed E-state index contributed by atoms with van der Waals surface area (Å²) < 4.78 is 30.0. The van der Waals surface area contributed by atoms with Gasteiger partial charge in [-0.25, -0.2) is 8.42 Å². The van der Waals surface area contributed by atoms with E-state index in [1.807, 2.05) is 6.92 Å². The van der Waals surface area contributed by atoms with Crippen LogP contribution in [0.25, 0.3) is 0 Å². The van der Waals surface area contributed by atoms with Crippen LogP contribution in [0.4, 0.5) is 5.69 Å². The second kappa shape index (κ2) is 6.50. The number of hydrogen-bond donors (Lipinski definition) is 1.